The predicted molar refractivity (Wildman–Crippen MR) is 145 cm³/mol. The molecule has 2 aromatic rings. The molecule has 2 atom stereocenters. The lowest BCUT2D eigenvalue weighted by atomic mass is 9.68. The molecule has 0 spiro atoms. The SMILES string of the molecule is CC1=NOC2(C)C1=C1C(=C3C=C(c4ccc(O)c(/C=N/NC(=O)c5ccccc5)c4)SC32C)C(F)(F)C(F)(F)C1(F)F. The molecule has 1 fully saturated rings. The second kappa shape index (κ2) is 8.76. The van der Waals surface area contributed by atoms with E-state index in [9.17, 15) is 18.7 Å². The summed E-state index contributed by atoms with van der Waals surface area (Å²) in [6.45, 7) is 4.08. The van der Waals surface area contributed by atoms with E-state index in [1.807, 2.05) is 0 Å². The van der Waals surface area contributed by atoms with E-state index in [-0.39, 0.29) is 21.9 Å². The highest BCUT2D eigenvalue weighted by Crippen LogP contribution is 2.72. The summed E-state index contributed by atoms with van der Waals surface area (Å²) in [7, 11) is 0. The van der Waals surface area contributed by atoms with Crippen molar-refractivity contribution in [2.75, 3.05) is 0 Å². The van der Waals surface area contributed by atoms with Gasteiger partial charge in [0.25, 0.3) is 5.91 Å². The van der Waals surface area contributed by atoms with Gasteiger partial charge in [-0.2, -0.15) is 31.4 Å². The third-order valence-electron chi connectivity index (χ3n) is 8.12. The Kier molecular flexibility index (Phi) is 5.87. The lowest BCUT2D eigenvalue weighted by molar-refractivity contribution is -0.258. The number of phenolic OH excluding ortho intramolecular Hbond substituents is 1. The molecular formula is C29H21F6N3O3S. The normalized spacial score (nSPS) is 28.2. The Balaban J connectivity index is 1.44. The molecular weight excluding hydrogens is 584 g/mol. The van der Waals surface area contributed by atoms with E-state index in [2.05, 4.69) is 15.7 Å². The van der Waals surface area contributed by atoms with E-state index in [0.29, 0.717) is 11.1 Å². The summed E-state index contributed by atoms with van der Waals surface area (Å²) in [6, 6.07) is 12.4. The van der Waals surface area contributed by atoms with Gasteiger partial charge in [-0.3, -0.25) is 4.79 Å². The van der Waals surface area contributed by atoms with Crippen LogP contribution in [0.25, 0.3) is 4.91 Å². The van der Waals surface area contributed by atoms with Crippen molar-refractivity contribution >= 4 is 34.5 Å². The molecule has 13 heteroatoms. The Labute approximate surface area is 239 Å². The number of benzene rings is 2. The number of hydrogen-bond acceptors (Lipinski definition) is 6. The Morgan fingerprint density at radius 3 is 2.36 bits per heavy atom. The number of phenols is 1. The minimum absolute atomic E-state index is 0.131. The number of aromatic hydroxyl groups is 1. The molecule has 2 unspecified atom stereocenters. The molecule has 0 aromatic heterocycles. The fourth-order valence-corrected chi connectivity index (χ4v) is 7.22. The number of fused-ring (bicyclic) bond motifs is 4. The number of amides is 1. The van der Waals surface area contributed by atoms with Crippen LogP contribution in [0.4, 0.5) is 26.3 Å². The average molecular weight is 606 g/mol. The quantitative estimate of drug-likeness (QED) is 0.231. The zero-order valence-corrected chi connectivity index (χ0v) is 22.9. The Bertz CT molecular complexity index is 1720. The molecule has 1 saturated carbocycles. The molecule has 42 heavy (non-hydrogen) atoms. The Hall–Kier alpha value is -4.00. The maximum atomic E-state index is 15.3. The van der Waals surface area contributed by atoms with Crippen LogP contribution in [0, 0.1) is 0 Å². The van der Waals surface area contributed by atoms with Gasteiger partial charge in [0.2, 0.25) is 0 Å². The van der Waals surface area contributed by atoms with Crippen LogP contribution in [0.3, 0.4) is 0 Å². The summed E-state index contributed by atoms with van der Waals surface area (Å²) in [5.74, 6) is -16.8. The molecule has 2 aromatic carbocycles. The predicted octanol–water partition coefficient (Wildman–Crippen LogP) is 6.69. The molecule has 6 rings (SSSR count). The second-order valence-corrected chi connectivity index (χ2v) is 12.0. The summed E-state index contributed by atoms with van der Waals surface area (Å²) in [5, 5.41) is 18.0. The summed E-state index contributed by atoms with van der Waals surface area (Å²) >= 11 is 0.970. The number of thioether (sulfide) groups is 1. The number of nitrogens with one attached hydrogen (secondary N) is 1. The van der Waals surface area contributed by atoms with Gasteiger partial charge in [0, 0.05) is 32.8 Å². The van der Waals surface area contributed by atoms with Crippen LogP contribution in [-0.4, -0.2) is 51.1 Å². The standard InChI is InChI=1S/C29H21F6N3O3S/c1-14-21-23-22(27(30,31)29(34,35)28(23,32)33)18-12-20(42-26(18,3)25(21,2)41-38-14)16-9-10-19(39)17(11-16)13-36-37-24(40)15-7-5-4-6-8-15/h4-13,39H,1-3H3,(H,37,40)/b36-13+. The maximum Gasteiger partial charge on any atom is 0.380 e. The largest absolute Gasteiger partial charge is 0.507 e. The number of halogens is 6. The third-order valence-corrected chi connectivity index (χ3v) is 9.71. The molecule has 0 radical (unpaired) electrons. The number of carbonyl (C=O) groups excluding carboxylic acids is 1. The molecule has 4 aliphatic rings. The zero-order valence-electron chi connectivity index (χ0n) is 22.1. The maximum absolute atomic E-state index is 15.3. The molecule has 218 valence electrons. The van der Waals surface area contributed by atoms with Crippen molar-refractivity contribution in [2.45, 2.75) is 48.9 Å². The number of rotatable bonds is 4. The van der Waals surface area contributed by atoms with Gasteiger partial charge in [-0.05, 0) is 62.2 Å². The highest BCUT2D eigenvalue weighted by atomic mass is 32.2. The van der Waals surface area contributed by atoms with Crippen molar-refractivity contribution in [3.63, 3.8) is 0 Å². The van der Waals surface area contributed by atoms with Gasteiger partial charge in [0.05, 0.1) is 16.7 Å². The smallest absolute Gasteiger partial charge is 0.380 e. The number of hydrogen-bond donors (Lipinski definition) is 2. The van der Waals surface area contributed by atoms with Crippen molar-refractivity contribution in [1.82, 2.24) is 5.43 Å². The van der Waals surface area contributed by atoms with Crippen LogP contribution < -0.4 is 5.43 Å². The van der Waals surface area contributed by atoms with Gasteiger partial charge >= 0.3 is 17.8 Å². The van der Waals surface area contributed by atoms with E-state index in [1.54, 1.807) is 30.3 Å². The van der Waals surface area contributed by atoms with Crippen LogP contribution in [0.2, 0.25) is 0 Å². The van der Waals surface area contributed by atoms with Gasteiger partial charge in [0.1, 0.15) is 5.75 Å². The van der Waals surface area contributed by atoms with Gasteiger partial charge in [-0.25, -0.2) is 5.43 Å². The molecule has 1 amide bonds. The number of hydrazone groups is 1. The minimum atomic E-state index is -5.69. The average Bonchev–Trinajstić information content (AvgIpc) is 3.49. The van der Waals surface area contributed by atoms with Crippen molar-refractivity contribution in [2.24, 2.45) is 10.3 Å². The van der Waals surface area contributed by atoms with Gasteiger partial charge in [-0.1, -0.05) is 29.4 Å². The Morgan fingerprint density at radius 1 is 1.00 bits per heavy atom. The summed E-state index contributed by atoms with van der Waals surface area (Å²) in [5.41, 5.74) is -2.62. The minimum Gasteiger partial charge on any atom is -0.507 e. The molecule has 2 aliphatic heterocycles. The molecule has 0 saturated heterocycles. The lowest BCUT2D eigenvalue weighted by Crippen LogP contribution is -2.53. The third kappa shape index (κ3) is 3.45. The fourth-order valence-electron chi connectivity index (χ4n) is 5.76. The number of oxime groups is 1. The summed E-state index contributed by atoms with van der Waals surface area (Å²) in [6.07, 6.45) is 2.34. The first kappa shape index (κ1) is 28.1. The zero-order chi connectivity index (χ0) is 30.5. The number of nitrogens with zero attached hydrogens (tertiary/aromatic N) is 2. The van der Waals surface area contributed by atoms with E-state index < -0.39 is 56.3 Å². The van der Waals surface area contributed by atoms with Crippen LogP contribution >= 0.6 is 11.8 Å². The van der Waals surface area contributed by atoms with E-state index in [4.69, 9.17) is 4.84 Å². The van der Waals surface area contributed by atoms with Crippen LogP contribution in [0.5, 0.6) is 5.75 Å². The molecule has 0 bridgehead atoms. The molecule has 2 N–H and O–H groups in total. The van der Waals surface area contributed by atoms with Gasteiger partial charge in [-0.15, -0.1) is 11.8 Å². The fraction of sp³-hybridized carbons (Fsp3) is 0.276. The highest BCUT2D eigenvalue weighted by molar-refractivity contribution is 8.10. The van der Waals surface area contributed by atoms with Crippen LogP contribution in [0.1, 0.15) is 42.3 Å². The summed E-state index contributed by atoms with van der Waals surface area (Å²) in [4.78, 5) is 18.1. The van der Waals surface area contributed by atoms with Crippen molar-refractivity contribution in [3.8, 4) is 5.75 Å². The molecule has 6 nitrogen and oxygen atoms in total. The molecule has 2 aliphatic carbocycles. The van der Waals surface area contributed by atoms with E-state index in [0.717, 1.165) is 11.8 Å². The number of alkyl halides is 6. The van der Waals surface area contributed by atoms with Gasteiger partial charge < -0.3 is 9.94 Å². The van der Waals surface area contributed by atoms with Crippen molar-refractivity contribution < 1.29 is 41.1 Å². The monoisotopic (exact) mass is 605 g/mol. The topological polar surface area (TPSA) is 83.3 Å². The first-order valence-corrected chi connectivity index (χ1v) is 13.4. The first-order chi connectivity index (χ1) is 19.6. The summed E-state index contributed by atoms with van der Waals surface area (Å²) < 4.78 is 88.9. The first-order valence-electron chi connectivity index (χ1n) is 12.6. The highest BCUT2D eigenvalue weighted by Gasteiger charge is 2.85. The lowest BCUT2D eigenvalue weighted by Gasteiger charge is -2.45. The van der Waals surface area contributed by atoms with Crippen molar-refractivity contribution in [3.05, 3.63) is 93.6 Å². The Morgan fingerprint density at radius 2 is 1.67 bits per heavy atom. The molecule has 2 heterocycles. The second-order valence-electron chi connectivity index (χ2n) is 10.5. The van der Waals surface area contributed by atoms with E-state index >= 15 is 17.6 Å². The number of allylic oxidation sites excluding steroid dienone is 3. The van der Waals surface area contributed by atoms with Crippen LogP contribution in [0.15, 0.2) is 87.2 Å². The van der Waals surface area contributed by atoms with Crippen LogP contribution in [-0.2, 0) is 4.84 Å². The van der Waals surface area contributed by atoms with Gasteiger partial charge in [0.15, 0.2) is 5.60 Å². The van der Waals surface area contributed by atoms with Crippen molar-refractivity contribution in [1.29, 1.82) is 0 Å². The van der Waals surface area contributed by atoms with E-state index in [1.165, 1.54) is 51.3 Å². The number of carbonyl (C=O) groups is 1.